The number of anilines is 1. The number of ketones is 1. The molecule has 0 spiro atoms. The molecule has 0 unspecified atom stereocenters. The fraction of sp³-hybridized carbons (Fsp3) is 0.182. The maximum absolute atomic E-state index is 12.6. The van der Waals surface area contributed by atoms with Gasteiger partial charge in [0.15, 0.2) is 11.5 Å². The fourth-order valence-corrected chi connectivity index (χ4v) is 3.31. The van der Waals surface area contributed by atoms with Crippen molar-refractivity contribution in [3.63, 3.8) is 0 Å². The van der Waals surface area contributed by atoms with Crippen molar-refractivity contribution in [3.8, 4) is 11.1 Å². The van der Waals surface area contributed by atoms with Crippen LogP contribution in [0.2, 0.25) is 0 Å². The third-order valence-corrected chi connectivity index (χ3v) is 4.48. The lowest BCUT2D eigenvalue weighted by Gasteiger charge is -2.06. The van der Waals surface area contributed by atoms with Crippen molar-refractivity contribution in [2.24, 2.45) is 5.92 Å². The lowest BCUT2D eigenvalue weighted by Crippen LogP contribution is -2.11. The van der Waals surface area contributed by atoms with Crippen molar-refractivity contribution in [1.82, 2.24) is 0 Å². The van der Waals surface area contributed by atoms with Gasteiger partial charge in [-0.25, -0.2) is 0 Å². The van der Waals surface area contributed by atoms with E-state index in [0.29, 0.717) is 22.7 Å². The average molecular weight is 345 g/mol. The molecular formula is C22H19NO3. The third-order valence-electron chi connectivity index (χ3n) is 4.48. The quantitative estimate of drug-likeness (QED) is 0.570. The normalized spacial score (nSPS) is 12.2. The Bertz CT molecular complexity index is 1010. The van der Waals surface area contributed by atoms with Crippen molar-refractivity contribution in [1.29, 1.82) is 0 Å². The van der Waals surface area contributed by atoms with E-state index < -0.39 is 0 Å². The first kappa shape index (κ1) is 16.3. The van der Waals surface area contributed by atoms with Gasteiger partial charge < -0.3 is 9.73 Å². The first-order chi connectivity index (χ1) is 12.5. The molecular weight excluding hydrogens is 326 g/mol. The van der Waals surface area contributed by atoms with Crippen LogP contribution in [0.1, 0.15) is 46.1 Å². The van der Waals surface area contributed by atoms with E-state index in [2.05, 4.69) is 19.2 Å². The highest BCUT2D eigenvalue weighted by atomic mass is 16.3. The van der Waals surface area contributed by atoms with Crippen LogP contribution in [-0.2, 0) is 6.42 Å². The number of rotatable bonds is 4. The van der Waals surface area contributed by atoms with Gasteiger partial charge in [0.05, 0.1) is 0 Å². The number of amides is 1. The molecule has 4 rings (SSSR count). The molecule has 4 heteroatoms. The first-order valence-corrected chi connectivity index (χ1v) is 8.71. The van der Waals surface area contributed by atoms with Crippen LogP contribution in [-0.4, -0.2) is 11.7 Å². The molecule has 1 aliphatic rings. The highest BCUT2D eigenvalue weighted by Gasteiger charge is 2.26. The topological polar surface area (TPSA) is 59.3 Å². The van der Waals surface area contributed by atoms with Crippen LogP contribution in [0.15, 0.2) is 59.0 Å². The summed E-state index contributed by atoms with van der Waals surface area (Å²) in [4.78, 5) is 25.0. The van der Waals surface area contributed by atoms with E-state index in [4.69, 9.17) is 4.42 Å². The van der Waals surface area contributed by atoms with E-state index >= 15 is 0 Å². The predicted molar refractivity (Wildman–Crippen MR) is 101 cm³/mol. The van der Waals surface area contributed by atoms with E-state index in [0.717, 1.165) is 23.3 Å². The smallest absolute Gasteiger partial charge is 0.291 e. The second-order valence-corrected chi connectivity index (χ2v) is 6.95. The molecule has 0 saturated heterocycles. The van der Waals surface area contributed by atoms with E-state index in [1.807, 2.05) is 42.5 Å². The summed E-state index contributed by atoms with van der Waals surface area (Å²) >= 11 is 0. The minimum atomic E-state index is -0.317. The van der Waals surface area contributed by atoms with Crippen molar-refractivity contribution >= 4 is 17.4 Å². The van der Waals surface area contributed by atoms with Gasteiger partial charge in [0.25, 0.3) is 5.91 Å². The zero-order chi connectivity index (χ0) is 18.3. The maximum Gasteiger partial charge on any atom is 0.291 e. The second kappa shape index (κ2) is 6.30. The Morgan fingerprint density at radius 2 is 1.69 bits per heavy atom. The Hall–Kier alpha value is -3.14. The van der Waals surface area contributed by atoms with Crippen molar-refractivity contribution in [2.75, 3.05) is 5.32 Å². The Kier molecular flexibility index (Phi) is 3.96. The van der Waals surface area contributed by atoms with Crippen LogP contribution >= 0.6 is 0 Å². The first-order valence-electron chi connectivity index (χ1n) is 8.71. The lowest BCUT2D eigenvalue weighted by molar-refractivity contribution is 0.0992. The van der Waals surface area contributed by atoms with Gasteiger partial charge >= 0.3 is 0 Å². The Morgan fingerprint density at radius 3 is 2.46 bits per heavy atom. The lowest BCUT2D eigenvalue weighted by atomic mass is 10.1. The molecule has 130 valence electrons. The molecule has 1 amide bonds. The Labute approximate surface area is 151 Å². The van der Waals surface area contributed by atoms with Gasteiger partial charge in [-0.1, -0.05) is 44.2 Å². The van der Waals surface area contributed by atoms with Crippen LogP contribution < -0.4 is 5.32 Å². The van der Waals surface area contributed by atoms with Crippen LogP contribution in [0, 0.1) is 5.92 Å². The highest BCUT2D eigenvalue weighted by Crippen LogP contribution is 2.37. The minimum Gasteiger partial charge on any atom is -0.456 e. The van der Waals surface area contributed by atoms with Gasteiger partial charge in [-0.15, -0.1) is 0 Å². The standard InChI is InChI=1S/C22H19NO3/c1-13(2)11-15-8-10-20(26-15)22(25)23-14-7-9-17-16-5-3-4-6-18(16)21(24)19(17)12-14/h3-10,12-13H,11H2,1-2H3,(H,23,25). The molecule has 0 aliphatic heterocycles. The number of carbonyl (C=O) groups excluding carboxylic acids is 2. The predicted octanol–water partition coefficient (Wildman–Crippen LogP) is 4.94. The van der Waals surface area contributed by atoms with Gasteiger partial charge in [0.2, 0.25) is 0 Å². The Balaban J connectivity index is 1.56. The monoisotopic (exact) mass is 345 g/mol. The van der Waals surface area contributed by atoms with Gasteiger partial charge in [0, 0.05) is 23.2 Å². The summed E-state index contributed by atoms with van der Waals surface area (Å²) in [5, 5.41) is 2.82. The molecule has 1 aromatic heterocycles. The minimum absolute atomic E-state index is 0.0103. The number of nitrogens with one attached hydrogen (secondary N) is 1. The maximum atomic E-state index is 12.6. The molecule has 4 nitrogen and oxygen atoms in total. The molecule has 0 bridgehead atoms. The SMILES string of the molecule is CC(C)Cc1ccc(C(=O)Nc2ccc3c(c2)C(=O)c2ccccc2-3)o1. The molecule has 0 radical (unpaired) electrons. The van der Waals surface area contributed by atoms with Gasteiger partial charge in [-0.3, -0.25) is 9.59 Å². The number of hydrogen-bond donors (Lipinski definition) is 1. The zero-order valence-electron chi connectivity index (χ0n) is 14.7. The number of fused-ring (bicyclic) bond motifs is 3. The van der Waals surface area contributed by atoms with E-state index in [1.165, 1.54) is 0 Å². The molecule has 1 N–H and O–H groups in total. The summed E-state index contributed by atoms with van der Waals surface area (Å²) in [5.74, 6) is 1.20. The zero-order valence-corrected chi connectivity index (χ0v) is 14.7. The van der Waals surface area contributed by atoms with Crippen molar-refractivity contribution in [3.05, 3.63) is 77.2 Å². The highest BCUT2D eigenvalue weighted by molar-refractivity contribution is 6.22. The molecule has 2 aromatic carbocycles. The molecule has 3 aromatic rings. The molecule has 1 aliphatic carbocycles. The van der Waals surface area contributed by atoms with Crippen LogP contribution in [0.3, 0.4) is 0 Å². The van der Waals surface area contributed by atoms with Gasteiger partial charge in [0.1, 0.15) is 5.76 Å². The average Bonchev–Trinajstić information content (AvgIpc) is 3.19. The summed E-state index contributed by atoms with van der Waals surface area (Å²) in [6.45, 7) is 4.20. The van der Waals surface area contributed by atoms with Gasteiger partial charge in [-0.2, -0.15) is 0 Å². The third kappa shape index (κ3) is 2.84. The number of benzene rings is 2. The summed E-state index contributed by atoms with van der Waals surface area (Å²) in [6, 6.07) is 16.5. The van der Waals surface area contributed by atoms with Crippen LogP contribution in [0.5, 0.6) is 0 Å². The van der Waals surface area contributed by atoms with E-state index in [1.54, 1.807) is 12.1 Å². The van der Waals surface area contributed by atoms with Crippen molar-refractivity contribution in [2.45, 2.75) is 20.3 Å². The summed E-state index contributed by atoms with van der Waals surface area (Å²) in [6.07, 6.45) is 0.791. The molecule has 1 heterocycles. The van der Waals surface area contributed by atoms with Crippen LogP contribution in [0.25, 0.3) is 11.1 Å². The summed E-state index contributed by atoms with van der Waals surface area (Å²) in [5.41, 5.74) is 3.74. The molecule has 26 heavy (non-hydrogen) atoms. The fourth-order valence-electron chi connectivity index (χ4n) is 3.31. The molecule has 0 atom stereocenters. The molecule has 0 saturated carbocycles. The summed E-state index contributed by atoms with van der Waals surface area (Å²) in [7, 11) is 0. The Morgan fingerprint density at radius 1 is 0.962 bits per heavy atom. The van der Waals surface area contributed by atoms with E-state index in [9.17, 15) is 9.59 Å². The number of hydrogen-bond acceptors (Lipinski definition) is 3. The van der Waals surface area contributed by atoms with Crippen molar-refractivity contribution < 1.29 is 14.0 Å². The second-order valence-electron chi connectivity index (χ2n) is 6.95. The summed E-state index contributed by atoms with van der Waals surface area (Å²) < 4.78 is 5.61. The van der Waals surface area contributed by atoms with Crippen LogP contribution in [0.4, 0.5) is 5.69 Å². The number of carbonyl (C=O) groups is 2. The molecule has 0 fully saturated rings. The van der Waals surface area contributed by atoms with E-state index in [-0.39, 0.29) is 17.5 Å². The largest absolute Gasteiger partial charge is 0.456 e. The van der Waals surface area contributed by atoms with Gasteiger partial charge in [-0.05, 0) is 41.3 Å². The number of furan rings is 1.